The summed E-state index contributed by atoms with van der Waals surface area (Å²) in [4.78, 5) is 17.7. The number of hydrogen-bond donors (Lipinski definition) is 1. The number of halogens is 1. The van der Waals surface area contributed by atoms with Gasteiger partial charge in [0, 0.05) is 45.1 Å². The molecular formula is C20H27FN6O. The van der Waals surface area contributed by atoms with Crippen molar-refractivity contribution in [2.24, 2.45) is 4.99 Å². The minimum atomic E-state index is -0.357. The van der Waals surface area contributed by atoms with E-state index in [1.165, 1.54) is 6.07 Å². The lowest BCUT2D eigenvalue weighted by molar-refractivity contribution is 0.219. The van der Waals surface area contributed by atoms with Gasteiger partial charge in [-0.1, -0.05) is 12.1 Å². The van der Waals surface area contributed by atoms with Crippen molar-refractivity contribution in [2.45, 2.75) is 20.0 Å². The Morgan fingerprint density at radius 1 is 1.18 bits per heavy atom. The molecule has 3 rings (SSSR count). The van der Waals surface area contributed by atoms with E-state index in [2.05, 4.69) is 25.1 Å². The van der Waals surface area contributed by atoms with Crippen LogP contribution in [0.15, 0.2) is 47.7 Å². The first-order chi connectivity index (χ1) is 13.7. The van der Waals surface area contributed by atoms with Crippen LogP contribution in [0, 0.1) is 5.82 Å². The van der Waals surface area contributed by atoms with Gasteiger partial charge in [-0.2, -0.15) is 0 Å². The van der Waals surface area contributed by atoms with Gasteiger partial charge in [0.1, 0.15) is 6.10 Å². The molecule has 0 bridgehead atoms. The Balaban J connectivity index is 1.56. The molecular weight excluding hydrogens is 359 g/mol. The number of nitrogens with zero attached hydrogens (tertiary/aromatic N) is 5. The number of aromatic nitrogens is 2. The van der Waals surface area contributed by atoms with Crippen LogP contribution in [-0.4, -0.2) is 66.2 Å². The van der Waals surface area contributed by atoms with E-state index in [0.717, 1.165) is 44.6 Å². The van der Waals surface area contributed by atoms with E-state index >= 15 is 0 Å². The third-order valence-electron chi connectivity index (χ3n) is 4.41. The van der Waals surface area contributed by atoms with Crippen LogP contribution in [-0.2, 0) is 0 Å². The van der Waals surface area contributed by atoms with Crippen LogP contribution < -0.4 is 15.0 Å². The Morgan fingerprint density at radius 2 is 1.89 bits per heavy atom. The maximum Gasteiger partial charge on any atom is 0.225 e. The fraction of sp³-hybridized carbons (Fsp3) is 0.450. The monoisotopic (exact) mass is 386 g/mol. The Bertz CT molecular complexity index is 764. The van der Waals surface area contributed by atoms with Gasteiger partial charge in [0.05, 0.1) is 6.54 Å². The highest BCUT2D eigenvalue weighted by Crippen LogP contribution is 2.17. The predicted octanol–water partition coefficient (Wildman–Crippen LogP) is 2.17. The molecule has 1 atom stereocenters. The fourth-order valence-corrected chi connectivity index (χ4v) is 3.01. The van der Waals surface area contributed by atoms with Gasteiger partial charge in [-0.15, -0.1) is 0 Å². The van der Waals surface area contributed by atoms with E-state index in [-0.39, 0.29) is 17.7 Å². The van der Waals surface area contributed by atoms with Crippen molar-refractivity contribution in [3.63, 3.8) is 0 Å². The first-order valence-electron chi connectivity index (χ1n) is 9.63. The van der Waals surface area contributed by atoms with Gasteiger partial charge < -0.3 is 19.9 Å². The molecule has 0 spiro atoms. The Labute approximate surface area is 165 Å². The number of rotatable bonds is 6. The SMILES string of the molecule is CCNC(=NCC(C)Oc1ccccc1F)N1CCN(c2ncccn2)CC1. The summed E-state index contributed by atoms with van der Waals surface area (Å²) in [6.45, 7) is 8.47. The van der Waals surface area contributed by atoms with Gasteiger partial charge in [-0.3, -0.25) is 0 Å². The van der Waals surface area contributed by atoms with Crippen LogP contribution in [0.25, 0.3) is 0 Å². The molecule has 0 radical (unpaired) electrons. The van der Waals surface area contributed by atoms with Crippen LogP contribution >= 0.6 is 0 Å². The van der Waals surface area contributed by atoms with Crippen molar-refractivity contribution in [3.05, 3.63) is 48.5 Å². The molecule has 1 aromatic heterocycles. The van der Waals surface area contributed by atoms with Gasteiger partial charge in [0.25, 0.3) is 0 Å². The summed E-state index contributed by atoms with van der Waals surface area (Å²) in [5.41, 5.74) is 0. The normalized spacial score (nSPS) is 16.0. The van der Waals surface area contributed by atoms with Crippen LogP contribution in [0.4, 0.5) is 10.3 Å². The van der Waals surface area contributed by atoms with Gasteiger partial charge in [-0.25, -0.2) is 19.4 Å². The number of anilines is 1. The van der Waals surface area contributed by atoms with Crippen molar-refractivity contribution in [3.8, 4) is 5.75 Å². The minimum Gasteiger partial charge on any atom is -0.486 e. The predicted molar refractivity (Wildman–Crippen MR) is 108 cm³/mol. The molecule has 2 heterocycles. The molecule has 1 N–H and O–H groups in total. The second kappa shape index (κ2) is 9.87. The summed E-state index contributed by atoms with van der Waals surface area (Å²) in [7, 11) is 0. The topological polar surface area (TPSA) is 65.9 Å². The summed E-state index contributed by atoms with van der Waals surface area (Å²) in [5.74, 6) is 1.51. The van der Waals surface area contributed by atoms with E-state index in [9.17, 15) is 4.39 Å². The molecule has 0 saturated carbocycles. The second-order valence-electron chi connectivity index (χ2n) is 6.58. The minimum absolute atomic E-state index is 0.232. The van der Waals surface area contributed by atoms with Crippen molar-refractivity contribution >= 4 is 11.9 Å². The van der Waals surface area contributed by atoms with E-state index in [1.807, 2.05) is 19.9 Å². The maximum absolute atomic E-state index is 13.7. The lowest BCUT2D eigenvalue weighted by Crippen LogP contribution is -2.53. The third kappa shape index (κ3) is 5.31. The fourth-order valence-electron chi connectivity index (χ4n) is 3.01. The number of aliphatic imine (C=N–C) groups is 1. The Kier molecular flexibility index (Phi) is 7.00. The molecule has 7 nitrogen and oxygen atoms in total. The van der Waals surface area contributed by atoms with Crippen LogP contribution in [0.3, 0.4) is 0 Å². The number of guanidine groups is 1. The quantitative estimate of drug-likeness (QED) is 0.606. The Morgan fingerprint density at radius 3 is 2.57 bits per heavy atom. The summed E-state index contributed by atoms with van der Waals surface area (Å²) < 4.78 is 19.4. The Hall–Kier alpha value is -2.90. The standard InChI is InChI=1S/C20H27FN6O/c1-3-22-19(25-15-16(2)28-18-8-5-4-7-17(18)21)26-11-13-27(14-12-26)20-23-9-6-10-24-20/h4-10,16H,3,11-15H2,1-2H3,(H,22,25). The van der Waals surface area contributed by atoms with Crippen molar-refractivity contribution in [1.29, 1.82) is 0 Å². The first-order valence-corrected chi connectivity index (χ1v) is 9.63. The van der Waals surface area contributed by atoms with Crippen LogP contribution in [0.1, 0.15) is 13.8 Å². The first kappa shape index (κ1) is 19.9. The summed E-state index contributed by atoms with van der Waals surface area (Å²) in [5, 5.41) is 3.33. The summed E-state index contributed by atoms with van der Waals surface area (Å²) >= 11 is 0. The highest BCUT2D eigenvalue weighted by Gasteiger charge is 2.21. The summed E-state index contributed by atoms with van der Waals surface area (Å²) in [6.07, 6.45) is 3.29. The number of nitrogens with one attached hydrogen (secondary N) is 1. The second-order valence-corrected chi connectivity index (χ2v) is 6.58. The number of benzene rings is 1. The molecule has 1 aliphatic rings. The van der Waals surface area contributed by atoms with Crippen molar-refractivity contribution in [2.75, 3.05) is 44.2 Å². The number of ether oxygens (including phenoxy) is 1. The molecule has 2 aromatic rings. The molecule has 1 aliphatic heterocycles. The van der Waals surface area contributed by atoms with Crippen LogP contribution in [0.2, 0.25) is 0 Å². The third-order valence-corrected chi connectivity index (χ3v) is 4.41. The van der Waals surface area contributed by atoms with Gasteiger partial charge >= 0.3 is 0 Å². The average molecular weight is 386 g/mol. The highest BCUT2D eigenvalue weighted by atomic mass is 19.1. The average Bonchev–Trinajstić information content (AvgIpc) is 2.73. The largest absolute Gasteiger partial charge is 0.486 e. The van der Waals surface area contributed by atoms with Crippen molar-refractivity contribution < 1.29 is 9.13 Å². The number of para-hydroxylation sites is 1. The van der Waals surface area contributed by atoms with Gasteiger partial charge in [-0.05, 0) is 32.0 Å². The molecule has 8 heteroatoms. The molecule has 1 unspecified atom stereocenters. The van der Waals surface area contributed by atoms with Gasteiger partial charge in [0.2, 0.25) is 5.95 Å². The molecule has 1 fully saturated rings. The summed E-state index contributed by atoms with van der Waals surface area (Å²) in [6, 6.07) is 8.25. The zero-order valence-corrected chi connectivity index (χ0v) is 16.4. The van der Waals surface area contributed by atoms with Crippen LogP contribution in [0.5, 0.6) is 5.75 Å². The lowest BCUT2D eigenvalue weighted by atomic mass is 10.3. The molecule has 150 valence electrons. The van der Waals surface area contributed by atoms with E-state index < -0.39 is 0 Å². The smallest absolute Gasteiger partial charge is 0.225 e. The van der Waals surface area contributed by atoms with Crippen molar-refractivity contribution in [1.82, 2.24) is 20.2 Å². The van der Waals surface area contributed by atoms with E-state index in [4.69, 9.17) is 9.73 Å². The molecule has 0 aliphatic carbocycles. The molecule has 0 amide bonds. The van der Waals surface area contributed by atoms with Gasteiger partial charge in [0.15, 0.2) is 17.5 Å². The molecule has 28 heavy (non-hydrogen) atoms. The van der Waals surface area contributed by atoms with E-state index in [1.54, 1.807) is 30.6 Å². The number of hydrogen-bond acceptors (Lipinski definition) is 5. The number of piperazine rings is 1. The zero-order chi connectivity index (χ0) is 19.8. The molecule has 1 aromatic carbocycles. The van der Waals surface area contributed by atoms with E-state index in [0.29, 0.717) is 6.54 Å². The zero-order valence-electron chi connectivity index (χ0n) is 16.4. The molecule has 1 saturated heterocycles. The lowest BCUT2D eigenvalue weighted by Gasteiger charge is -2.36. The maximum atomic E-state index is 13.7. The highest BCUT2D eigenvalue weighted by molar-refractivity contribution is 5.80.